The molecular weight excluding hydrogens is 300 g/mol. The summed E-state index contributed by atoms with van der Waals surface area (Å²) in [5.74, 6) is 0.821. The largest absolute Gasteiger partial charge is 0.379 e. The van der Waals surface area contributed by atoms with Gasteiger partial charge in [-0.3, -0.25) is 19.4 Å². The van der Waals surface area contributed by atoms with Gasteiger partial charge in [0.2, 0.25) is 11.8 Å². The third kappa shape index (κ3) is 5.65. The molecule has 1 saturated heterocycles. The quantitative estimate of drug-likeness (QED) is 0.769. The van der Waals surface area contributed by atoms with Gasteiger partial charge in [-0.15, -0.1) is 0 Å². The van der Waals surface area contributed by atoms with Crippen LogP contribution in [0.1, 0.15) is 19.1 Å². The predicted octanol–water partition coefficient (Wildman–Crippen LogP) is 0.174. The fourth-order valence-electron chi connectivity index (χ4n) is 2.39. The predicted molar refractivity (Wildman–Crippen MR) is 84.2 cm³/mol. The maximum atomic E-state index is 11.9. The molecule has 2 amide bonds. The molecule has 0 aromatic carbocycles. The number of aryl methyl sites for hydroxylation is 1. The molecule has 0 radical (unpaired) electrons. The van der Waals surface area contributed by atoms with E-state index in [0.717, 1.165) is 32.8 Å². The first-order valence-corrected chi connectivity index (χ1v) is 7.84. The zero-order chi connectivity index (χ0) is 16.7. The zero-order valence-electron chi connectivity index (χ0n) is 13.7. The molecule has 1 aromatic rings. The average Bonchev–Trinajstić information content (AvgIpc) is 2.94. The minimum absolute atomic E-state index is 0.0790. The molecule has 128 valence electrons. The van der Waals surface area contributed by atoms with Gasteiger partial charge in [0.25, 0.3) is 0 Å². The molecule has 2 heterocycles. The molecule has 8 nitrogen and oxygen atoms in total. The lowest BCUT2D eigenvalue weighted by molar-refractivity contribution is -0.121. The van der Waals surface area contributed by atoms with Gasteiger partial charge in [-0.25, -0.2) is 0 Å². The van der Waals surface area contributed by atoms with Crippen LogP contribution in [0, 0.1) is 6.92 Å². The number of nitrogens with zero attached hydrogens (tertiary/aromatic N) is 3. The van der Waals surface area contributed by atoms with Crippen LogP contribution in [0.3, 0.4) is 0 Å². The van der Waals surface area contributed by atoms with Crippen molar-refractivity contribution in [3.63, 3.8) is 0 Å². The summed E-state index contributed by atoms with van der Waals surface area (Å²) < 4.78 is 10.3. The van der Waals surface area contributed by atoms with Crippen molar-refractivity contribution in [3.05, 3.63) is 11.8 Å². The summed E-state index contributed by atoms with van der Waals surface area (Å²) in [7, 11) is 0. The van der Waals surface area contributed by atoms with Gasteiger partial charge >= 0.3 is 0 Å². The summed E-state index contributed by atoms with van der Waals surface area (Å²) in [5.41, 5.74) is 0. The van der Waals surface area contributed by atoms with E-state index in [0.29, 0.717) is 18.1 Å². The second kappa shape index (κ2) is 8.64. The Morgan fingerprint density at radius 1 is 1.39 bits per heavy atom. The standard InChI is InChI=1S/C15H24N4O4/c1-12-11-14(17-23-12)19(13(2)20)5-3-15(21)16-4-6-18-7-9-22-10-8-18/h11H,3-10H2,1-2H3,(H,16,21). The minimum atomic E-state index is -0.167. The van der Waals surface area contributed by atoms with E-state index in [-0.39, 0.29) is 24.8 Å². The molecular formula is C15H24N4O4. The number of carbonyl (C=O) groups excluding carboxylic acids is 2. The average molecular weight is 324 g/mol. The van der Waals surface area contributed by atoms with E-state index in [1.807, 2.05) is 0 Å². The molecule has 1 aliphatic rings. The summed E-state index contributed by atoms with van der Waals surface area (Å²) >= 11 is 0. The van der Waals surface area contributed by atoms with E-state index in [4.69, 9.17) is 9.26 Å². The smallest absolute Gasteiger partial charge is 0.225 e. The summed E-state index contributed by atoms with van der Waals surface area (Å²) in [6.45, 7) is 8.20. The molecule has 0 aliphatic carbocycles. The fourth-order valence-corrected chi connectivity index (χ4v) is 2.39. The topological polar surface area (TPSA) is 87.9 Å². The zero-order valence-corrected chi connectivity index (χ0v) is 13.7. The number of ether oxygens (including phenoxy) is 1. The molecule has 0 spiro atoms. The first-order valence-electron chi connectivity index (χ1n) is 7.84. The van der Waals surface area contributed by atoms with Gasteiger partial charge < -0.3 is 14.6 Å². The van der Waals surface area contributed by atoms with E-state index in [2.05, 4.69) is 15.4 Å². The summed E-state index contributed by atoms with van der Waals surface area (Å²) in [5, 5.41) is 6.70. The van der Waals surface area contributed by atoms with E-state index in [1.165, 1.54) is 11.8 Å². The second-order valence-corrected chi connectivity index (χ2v) is 5.52. The normalized spacial score (nSPS) is 15.4. The van der Waals surface area contributed by atoms with Crippen LogP contribution in [-0.2, 0) is 14.3 Å². The highest BCUT2D eigenvalue weighted by molar-refractivity contribution is 5.91. The van der Waals surface area contributed by atoms with Crippen molar-refractivity contribution in [3.8, 4) is 0 Å². The molecule has 0 atom stereocenters. The molecule has 1 fully saturated rings. The Kier molecular flexibility index (Phi) is 6.54. The highest BCUT2D eigenvalue weighted by Crippen LogP contribution is 2.14. The molecule has 1 N–H and O–H groups in total. The molecule has 23 heavy (non-hydrogen) atoms. The van der Waals surface area contributed by atoms with Gasteiger partial charge in [-0.1, -0.05) is 5.16 Å². The lowest BCUT2D eigenvalue weighted by Crippen LogP contribution is -2.42. The molecule has 1 aliphatic heterocycles. The van der Waals surface area contributed by atoms with Crippen LogP contribution >= 0.6 is 0 Å². The molecule has 0 bridgehead atoms. The van der Waals surface area contributed by atoms with Crippen molar-refractivity contribution in [1.82, 2.24) is 15.4 Å². The number of anilines is 1. The molecule has 0 saturated carbocycles. The Morgan fingerprint density at radius 3 is 2.74 bits per heavy atom. The van der Waals surface area contributed by atoms with Crippen molar-refractivity contribution in [2.75, 3.05) is 50.8 Å². The van der Waals surface area contributed by atoms with E-state index in [1.54, 1.807) is 13.0 Å². The van der Waals surface area contributed by atoms with E-state index >= 15 is 0 Å². The number of morpholine rings is 1. The highest BCUT2D eigenvalue weighted by Gasteiger charge is 2.17. The third-order valence-electron chi connectivity index (χ3n) is 3.69. The number of aromatic nitrogens is 1. The molecule has 8 heteroatoms. The van der Waals surface area contributed by atoms with Gasteiger partial charge in [0.05, 0.1) is 13.2 Å². The van der Waals surface area contributed by atoms with Crippen LogP contribution in [0.5, 0.6) is 0 Å². The van der Waals surface area contributed by atoms with Gasteiger partial charge in [-0.05, 0) is 6.92 Å². The summed E-state index contributed by atoms with van der Waals surface area (Å²) in [4.78, 5) is 27.3. The van der Waals surface area contributed by atoms with Crippen LogP contribution in [0.2, 0.25) is 0 Å². The monoisotopic (exact) mass is 324 g/mol. The van der Waals surface area contributed by atoms with Crippen LogP contribution in [0.25, 0.3) is 0 Å². The first kappa shape index (κ1) is 17.4. The van der Waals surface area contributed by atoms with Crippen molar-refractivity contribution in [2.45, 2.75) is 20.3 Å². The van der Waals surface area contributed by atoms with E-state index in [9.17, 15) is 9.59 Å². The summed E-state index contributed by atoms with van der Waals surface area (Å²) in [6.07, 6.45) is 0.231. The van der Waals surface area contributed by atoms with Crippen molar-refractivity contribution >= 4 is 17.6 Å². The highest BCUT2D eigenvalue weighted by atomic mass is 16.5. The molecule has 1 aromatic heterocycles. The Hall–Kier alpha value is -1.93. The van der Waals surface area contributed by atoms with Crippen LogP contribution in [-0.4, -0.2) is 67.8 Å². The van der Waals surface area contributed by atoms with Gasteiger partial charge in [0.15, 0.2) is 5.82 Å². The van der Waals surface area contributed by atoms with Gasteiger partial charge in [-0.2, -0.15) is 0 Å². The fraction of sp³-hybridized carbons (Fsp3) is 0.667. The number of rotatable bonds is 7. The lowest BCUT2D eigenvalue weighted by Gasteiger charge is -2.26. The van der Waals surface area contributed by atoms with Crippen LogP contribution < -0.4 is 10.2 Å². The second-order valence-electron chi connectivity index (χ2n) is 5.52. The Labute approximate surface area is 135 Å². The maximum absolute atomic E-state index is 11.9. The van der Waals surface area contributed by atoms with Crippen molar-refractivity contribution < 1.29 is 18.8 Å². The number of amides is 2. The maximum Gasteiger partial charge on any atom is 0.225 e. The number of nitrogens with one attached hydrogen (secondary N) is 1. The van der Waals surface area contributed by atoms with Crippen molar-refractivity contribution in [1.29, 1.82) is 0 Å². The van der Waals surface area contributed by atoms with Crippen LogP contribution in [0.4, 0.5) is 5.82 Å². The molecule has 0 unspecified atom stereocenters. The molecule has 2 rings (SSSR count). The lowest BCUT2D eigenvalue weighted by atomic mass is 10.3. The van der Waals surface area contributed by atoms with E-state index < -0.39 is 0 Å². The van der Waals surface area contributed by atoms with Gasteiger partial charge in [0.1, 0.15) is 5.76 Å². The number of carbonyl (C=O) groups is 2. The Balaban J connectivity index is 1.70. The third-order valence-corrected chi connectivity index (χ3v) is 3.69. The van der Waals surface area contributed by atoms with Crippen molar-refractivity contribution in [2.24, 2.45) is 0 Å². The van der Waals surface area contributed by atoms with Crippen LogP contribution in [0.15, 0.2) is 10.6 Å². The minimum Gasteiger partial charge on any atom is -0.379 e. The Morgan fingerprint density at radius 2 is 2.13 bits per heavy atom. The number of hydrogen-bond donors (Lipinski definition) is 1. The first-order chi connectivity index (χ1) is 11.1. The number of hydrogen-bond acceptors (Lipinski definition) is 6. The SMILES string of the molecule is CC(=O)N(CCC(=O)NCCN1CCOCC1)c1cc(C)on1. The van der Waals surface area contributed by atoms with Gasteiger partial charge in [0, 0.05) is 52.1 Å². The summed E-state index contributed by atoms with van der Waals surface area (Å²) in [6, 6.07) is 1.68. The Bertz CT molecular complexity index is 525.